The zero-order chi connectivity index (χ0) is 17.7. The van der Waals surface area contributed by atoms with E-state index in [-0.39, 0.29) is 17.9 Å². The van der Waals surface area contributed by atoms with Crippen LogP contribution in [0.2, 0.25) is 0 Å². The van der Waals surface area contributed by atoms with Crippen LogP contribution in [0.5, 0.6) is 0 Å². The zero-order valence-electron chi connectivity index (χ0n) is 14.5. The molecule has 0 aromatic heterocycles. The number of alkyl halides is 1. The number of cyclic esters (lactones) is 1. The maximum Gasteiger partial charge on any atom is 0.311 e. The van der Waals surface area contributed by atoms with Gasteiger partial charge in [0.1, 0.15) is 0 Å². The second-order valence-electron chi connectivity index (χ2n) is 7.68. The molecule has 3 fully saturated rings. The van der Waals surface area contributed by atoms with E-state index < -0.39 is 0 Å². The van der Waals surface area contributed by atoms with Gasteiger partial charge in [0, 0.05) is 21.6 Å². The molecule has 0 amide bonds. The quantitative estimate of drug-likeness (QED) is 0.373. The predicted octanol–water partition coefficient (Wildman–Crippen LogP) is 4.62. The van der Waals surface area contributed by atoms with Crippen molar-refractivity contribution in [3.05, 3.63) is 66.2 Å². The molecule has 1 saturated carbocycles. The second-order valence-corrected chi connectivity index (χ2v) is 9.28. The molecule has 3 nitrogen and oxygen atoms in total. The Morgan fingerprint density at radius 3 is 2.38 bits per heavy atom. The Morgan fingerprint density at radius 2 is 1.65 bits per heavy atom. The summed E-state index contributed by atoms with van der Waals surface area (Å²) in [6.45, 7) is 0.601. The van der Waals surface area contributed by atoms with Crippen molar-refractivity contribution in [2.75, 3.05) is 11.5 Å². The maximum atomic E-state index is 12.9. The monoisotopic (exact) mass is 459 g/mol. The van der Waals surface area contributed by atoms with Gasteiger partial charge in [-0.15, -0.1) is 0 Å². The smallest absolute Gasteiger partial charge is 0.311 e. The fourth-order valence-corrected chi connectivity index (χ4v) is 6.59. The summed E-state index contributed by atoms with van der Waals surface area (Å²) in [5, 5.41) is 0. The lowest BCUT2D eigenvalue weighted by atomic mass is 9.69. The van der Waals surface area contributed by atoms with Gasteiger partial charge in [-0.25, -0.2) is 0 Å². The summed E-state index contributed by atoms with van der Waals surface area (Å²) in [6.07, 6.45) is 2.37. The number of benzene rings is 2. The summed E-state index contributed by atoms with van der Waals surface area (Å²) in [5.41, 5.74) is 2.44. The first-order valence-corrected chi connectivity index (χ1v) is 10.7. The van der Waals surface area contributed by atoms with Gasteiger partial charge in [0.2, 0.25) is 0 Å². The number of hydrogen-bond acceptors (Lipinski definition) is 3. The molecule has 2 saturated heterocycles. The predicted molar refractivity (Wildman–Crippen MR) is 110 cm³/mol. The van der Waals surface area contributed by atoms with E-state index >= 15 is 0 Å². The van der Waals surface area contributed by atoms with Crippen molar-refractivity contribution in [2.45, 2.75) is 28.8 Å². The van der Waals surface area contributed by atoms with Gasteiger partial charge in [0.15, 0.2) is 0 Å². The first-order valence-electron chi connectivity index (χ1n) is 9.45. The Labute approximate surface area is 167 Å². The van der Waals surface area contributed by atoms with Crippen LogP contribution in [-0.2, 0) is 9.53 Å². The highest BCUT2D eigenvalue weighted by Crippen LogP contribution is 2.57. The maximum absolute atomic E-state index is 12.9. The fraction of sp³-hybridized carbons (Fsp3) is 0.409. The number of nitrogens with zero attached hydrogens (tertiary/aromatic N) is 1. The Kier molecular flexibility index (Phi) is 4.18. The molecule has 4 heteroatoms. The van der Waals surface area contributed by atoms with Crippen molar-refractivity contribution >= 4 is 34.2 Å². The van der Waals surface area contributed by atoms with Crippen LogP contribution >= 0.6 is 22.6 Å². The number of hydrogen-bond donors (Lipinski definition) is 0. The minimum Gasteiger partial charge on any atom is -0.465 e. The van der Waals surface area contributed by atoms with Gasteiger partial charge in [-0.05, 0) is 36.5 Å². The van der Waals surface area contributed by atoms with Gasteiger partial charge in [-0.2, -0.15) is 0 Å². The van der Waals surface area contributed by atoms with Gasteiger partial charge in [0.05, 0.1) is 18.6 Å². The van der Waals surface area contributed by atoms with Crippen molar-refractivity contribution in [3.8, 4) is 0 Å². The van der Waals surface area contributed by atoms with E-state index in [0.717, 1.165) is 0 Å². The number of para-hydroxylation sites is 1. The molecular formula is C22H22INO2. The minimum absolute atomic E-state index is 0.00552. The van der Waals surface area contributed by atoms with Gasteiger partial charge in [-0.1, -0.05) is 71.1 Å². The average Bonchev–Trinajstić information content (AvgIpc) is 3.06. The average molecular weight is 459 g/mol. The molecule has 0 radical (unpaired) electrons. The van der Waals surface area contributed by atoms with E-state index in [4.69, 9.17) is 4.74 Å². The Hall–Kier alpha value is -1.56. The van der Waals surface area contributed by atoms with Crippen molar-refractivity contribution in [1.29, 1.82) is 0 Å². The van der Waals surface area contributed by atoms with E-state index in [1.807, 2.05) is 6.07 Å². The van der Waals surface area contributed by atoms with Gasteiger partial charge < -0.3 is 9.64 Å². The second kappa shape index (κ2) is 6.55. The molecular weight excluding hydrogens is 437 g/mol. The van der Waals surface area contributed by atoms with Crippen molar-refractivity contribution in [2.24, 2.45) is 17.8 Å². The Bertz CT molecular complexity index is 796. The first-order chi connectivity index (χ1) is 12.8. The summed E-state index contributed by atoms with van der Waals surface area (Å²) in [7, 11) is 0. The third-order valence-electron chi connectivity index (χ3n) is 6.41. The summed E-state index contributed by atoms with van der Waals surface area (Å²) in [5.74, 6) is 0.805. The molecule has 2 aliphatic heterocycles. The third-order valence-corrected chi connectivity index (χ3v) is 7.77. The molecule has 2 aromatic rings. The third kappa shape index (κ3) is 2.48. The fourth-order valence-electron chi connectivity index (χ4n) is 5.41. The number of halogens is 1. The van der Waals surface area contributed by atoms with Crippen molar-refractivity contribution in [1.82, 2.24) is 0 Å². The van der Waals surface area contributed by atoms with Crippen LogP contribution in [0.15, 0.2) is 60.7 Å². The van der Waals surface area contributed by atoms with Crippen molar-refractivity contribution < 1.29 is 9.53 Å². The summed E-state index contributed by atoms with van der Waals surface area (Å²) in [4.78, 5) is 15.5. The summed E-state index contributed by atoms with van der Waals surface area (Å²) in [6, 6.07) is 21.6. The van der Waals surface area contributed by atoms with Crippen LogP contribution in [0, 0.1) is 17.8 Å². The van der Waals surface area contributed by atoms with Gasteiger partial charge in [0.25, 0.3) is 0 Å². The van der Waals surface area contributed by atoms with Crippen LogP contribution in [0.1, 0.15) is 24.4 Å². The van der Waals surface area contributed by atoms with E-state index in [9.17, 15) is 4.79 Å². The topological polar surface area (TPSA) is 29.5 Å². The molecule has 2 heterocycles. The lowest BCUT2D eigenvalue weighted by Crippen LogP contribution is -2.49. The molecule has 3 aliphatic rings. The molecule has 6 atom stereocenters. The molecule has 2 aromatic carbocycles. The summed E-state index contributed by atoms with van der Waals surface area (Å²) < 4.78 is 6.23. The van der Waals surface area contributed by atoms with Crippen LogP contribution in [0.25, 0.3) is 0 Å². The molecule has 134 valence electrons. The Morgan fingerprint density at radius 1 is 0.962 bits per heavy atom. The number of rotatable bonds is 2. The number of anilines is 1. The molecule has 0 bridgehead atoms. The molecule has 26 heavy (non-hydrogen) atoms. The van der Waals surface area contributed by atoms with E-state index in [2.05, 4.69) is 82.1 Å². The van der Waals surface area contributed by atoms with E-state index in [0.29, 0.717) is 28.4 Å². The van der Waals surface area contributed by atoms with E-state index in [1.165, 1.54) is 24.1 Å². The number of carbonyl (C=O) groups is 1. The van der Waals surface area contributed by atoms with Crippen LogP contribution < -0.4 is 4.90 Å². The van der Waals surface area contributed by atoms with Gasteiger partial charge >= 0.3 is 5.97 Å². The lowest BCUT2D eigenvalue weighted by molar-refractivity contribution is -0.161. The largest absolute Gasteiger partial charge is 0.465 e. The number of esters is 1. The number of ether oxygens (including phenoxy) is 1. The minimum atomic E-state index is -0.0704. The number of carbonyl (C=O) groups excluding carboxylic acids is 1. The lowest BCUT2D eigenvalue weighted by Gasteiger charge is -2.43. The van der Waals surface area contributed by atoms with Crippen molar-refractivity contribution in [3.63, 3.8) is 0 Å². The molecule has 1 aliphatic carbocycles. The summed E-state index contributed by atoms with van der Waals surface area (Å²) >= 11 is 2.62. The molecule has 5 rings (SSSR count). The standard InChI is InChI=1S/C22H22INO2/c23-17-12-11-15-13-26-22(25)19-18(15)21(17)24(16-9-5-2-6-10-16)20(19)14-7-3-1-4-8-14/h1-10,15,17-21H,11-13H2/t15-,17+,18-,19+,20+,21-/m0/s1. The highest BCUT2D eigenvalue weighted by molar-refractivity contribution is 14.1. The van der Waals surface area contributed by atoms with E-state index in [1.54, 1.807) is 0 Å². The highest BCUT2D eigenvalue weighted by Gasteiger charge is 2.60. The molecule has 0 spiro atoms. The molecule has 0 N–H and O–H groups in total. The first kappa shape index (κ1) is 16.6. The normalized spacial score (nSPS) is 35.7. The zero-order valence-corrected chi connectivity index (χ0v) is 16.7. The SMILES string of the molecule is O=C1OC[C@@H]2CC[C@@H](I)[C@H]3[C@@H]2[C@@H]1[C@@H](c1ccccc1)N3c1ccccc1. The Balaban J connectivity index is 1.70. The van der Waals surface area contributed by atoms with Crippen LogP contribution in [0.3, 0.4) is 0 Å². The van der Waals surface area contributed by atoms with Crippen LogP contribution in [0.4, 0.5) is 5.69 Å². The molecule has 0 unspecified atom stereocenters. The van der Waals surface area contributed by atoms with Gasteiger partial charge in [-0.3, -0.25) is 4.79 Å². The highest BCUT2D eigenvalue weighted by atomic mass is 127. The van der Waals surface area contributed by atoms with Crippen LogP contribution in [-0.4, -0.2) is 22.5 Å².